The third-order valence-electron chi connectivity index (χ3n) is 3.63. The average molecular weight is 291 g/mol. The van der Waals surface area contributed by atoms with Crippen molar-refractivity contribution in [1.82, 2.24) is 4.90 Å². The topological polar surface area (TPSA) is 49.8 Å². The Balaban J connectivity index is 1.99. The summed E-state index contributed by atoms with van der Waals surface area (Å²) in [7, 11) is 0. The molecule has 4 nitrogen and oxygen atoms in total. The van der Waals surface area contributed by atoms with Crippen molar-refractivity contribution in [3.8, 4) is 0 Å². The van der Waals surface area contributed by atoms with E-state index >= 15 is 0 Å². The molecule has 21 heavy (non-hydrogen) atoms. The number of nitrogens with zero attached hydrogens (tertiary/aromatic N) is 1. The van der Waals surface area contributed by atoms with E-state index in [1.54, 1.807) is 0 Å². The number of likely N-dealkylation sites (tertiary alicyclic amines) is 1. The normalized spacial score (nSPS) is 19.7. The maximum absolute atomic E-state index is 12.3. The number of carbonyl (C=O) groups is 1. The van der Waals surface area contributed by atoms with Crippen molar-refractivity contribution < 1.29 is 14.6 Å². The number of carbonyl (C=O) groups excluding carboxylic acids is 1. The second-order valence-corrected chi connectivity index (χ2v) is 6.64. The zero-order valence-electron chi connectivity index (χ0n) is 13.1. The monoisotopic (exact) mass is 291 g/mol. The van der Waals surface area contributed by atoms with Gasteiger partial charge in [-0.1, -0.05) is 24.3 Å². The molecule has 0 radical (unpaired) electrons. The molecule has 0 bridgehead atoms. The van der Waals surface area contributed by atoms with E-state index in [1.807, 2.05) is 45.0 Å². The van der Waals surface area contributed by atoms with Gasteiger partial charge in [0.2, 0.25) is 0 Å². The Hall–Kier alpha value is -1.39. The Morgan fingerprint density at radius 1 is 1.29 bits per heavy atom. The summed E-state index contributed by atoms with van der Waals surface area (Å²) < 4.78 is 5.51. The summed E-state index contributed by atoms with van der Waals surface area (Å²) in [6, 6.07) is 7.73. The molecule has 1 heterocycles. The third kappa shape index (κ3) is 4.55. The van der Waals surface area contributed by atoms with Gasteiger partial charge in [-0.15, -0.1) is 0 Å². The van der Waals surface area contributed by atoms with Crippen molar-refractivity contribution in [2.75, 3.05) is 6.54 Å². The number of hydrogen-bond donors (Lipinski definition) is 1. The largest absolute Gasteiger partial charge is 0.459 e. The van der Waals surface area contributed by atoms with Crippen LogP contribution in [0.2, 0.25) is 0 Å². The number of benzene rings is 1. The van der Waals surface area contributed by atoms with Crippen molar-refractivity contribution in [3.63, 3.8) is 0 Å². The SMILES string of the molecule is CC(C)(C)OC(=O)[C@@H]1CCCN1Cc1ccc(CO)cc1. The highest BCUT2D eigenvalue weighted by molar-refractivity contribution is 5.76. The molecule has 1 aromatic carbocycles. The number of hydrogen-bond acceptors (Lipinski definition) is 4. The van der Waals surface area contributed by atoms with Crippen molar-refractivity contribution >= 4 is 5.97 Å². The molecular formula is C17H25NO3. The van der Waals surface area contributed by atoms with Crippen molar-refractivity contribution in [2.45, 2.75) is 58.4 Å². The van der Waals surface area contributed by atoms with Crippen molar-refractivity contribution in [1.29, 1.82) is 0 Å². The van der Waals surface area contributed by atoms with E-state index in [9.17, 15) is 4.79 Å². The molecule has 0 aromatic heterocycles. The number of aliphatic hydroxyl groups is 1. The molecule has 1 fully saturated rings. The summed E-state index contributed by atoms with van der Waals surface area (Å²) in [5.41, 5.74) is 1.63. The fraction of sp³-hybridized carbons (Fsp3) is 0.588. The van der Waals surface area contributed by atoms with Gasteiger partial charge in [-0.05, 0) is 51.3 Å². The second-order valence-electron chi connectivity index (χ2n) is 6.64. The highest BCUT2D eigenvalue weighted by Gasteiger charge is 2.33. The summed E-state index contributed by atoms with van der Waals surface area (Å²) in [5.74, 6) is -0.119. The molecule has 1 aliphatic heterocycles. The van der Waals surface area contributed by atoms with Crippen LogP contribution >= 0.6 is 0 Å². The van der Waals surface area contributed by atoms with Gasteiger partial charge in [0.15, 0.2) is 0 Å². The number of aliphatic hydroxyl groups excluding tert-OH is 1. The van der Waals surface area contributed by atoms with Gasteiger partial charge in [-0.2, -0.15) is 0 Å². The van der Waals surface area contributed by atoms with Gasteiger partial charge in [0.1, 0.15) is 11.6 Å². The zero-order chi connectivity index (χ0) is 15.5. The highest BCUT2D eigenvalue weighted by atomic mass is 16.6. The molecule has 0 saturated carbocycles. The lowest BCUT2D eigenvalue weighted by Crippen LogP contribution is -2.40. The number of esters is 1. The average Bonchev–Trinajstić information content (AvgIpc) is 2.86. The van der Waals surface area contributed by atoms with E-state index in [4.69, 9.17) is 9.84 Å². The van der Waals surface area contributed by atoms with Gasteiger partial charge in [0, 0.05) is 6.54 Å². The van der Waals surface area contributed by atoms with Gasteiger partial charge in [0.05, 0.1) is 6.61 Å². The maximum atomic E-state index is 12.3. The van der Waals surface area contributed by atoms with E-state index in [-0.39, 0.29) is 18.6 Å². The highest BCUT2D eigenvalue weighted by Crippen LogP contribution is 2.23. The molecule has 1 saturated heterocycles. The minimum Gasteiger partial charge on any atom is -0.459 e. The van der Waals surface area contributed by atoms with Gasteiger partial charge in [0.25, 0.3) is 0 Å². The minimum absolute atomic E-state index is 0.0600. The first kappa shape index (κ1) is 16.0. The van der Waals surface area contributed by atoms with Crippen LogP contribution in [0, 0.1) is 0 Å². The standard InChI is InChI=1S/C17H25NO3/c1-17(2,3)21-16(20)15-5-4-10-18(15)11-13-6-8-14(12-19)9-7-13/h6-9,15,19H,4-5,10-12H2,1-3H3/t15-/m0/s1. The lowest BCUT2D eigenvalue weighted by Gasteiger charge is -2.27. The Morgan fingerprint density at radius 3 is 2.48 bits per heavy atom. The Morgan fingerprint density at radius 2 is 1.90 bits per heavy atom. The molecule has 1 atom stereocenters. The fourth-order valence-corrected chi connectivity index (χ4v) is 2.64. The predicted octanol–water partition coefficient (Wildman–Crippen LogP) is 2.49. The third-order valence-corrected chi connectivity index (χ3v) is 3.63. The van der Waals surface area contributed by atoms with E-state index < -0.39 is 5.60 Å². The van der Waals surface area contributed by atoms with E-state index in [1.165, 1.54) is 0 Å². The van der Waals surface area contributed by atoms with Crippen LogP contribution in [0.3, 0.4) is 0 Å². The van der Waals surface area contributed by atoms with E-state index in [0.29, 0.717) is 0 Å². The summed E-state index contributed by atoms with van der Waals surface area (Å²) in [6.07, 6.45) is 1.89. The van der Waals surface area contributed by atoms with Crippen molar-refractivity contribution in [3.05, 3.63) is 35.4 Å². The quantitative estimate of drug-likeness (QED) is 0.866. The van der Waals surface area contributed by atoms with Gasteiger partial charge in [-0.3, -0.25) is 9.69 Å². The lowest BCUT2D eigenvalue weighted by molar-refractivity contribution is -0.160. The van der Waals surface area contributed by atoms with E-state index in [2.05, 4.69) is 4.90 Å². The fourth-order valence-electron chi connectivity index (χ4n) is 2.64. The molecule has 1 N–H and O–H groups in total. The van der Waals surface area contributed by atoms with Crippen LogP contribution in [0.4, 0.5) is 0 Å². The Kier molecular flexibility index (Phi) is 5.01. The summed E-state index contributed by atoms with van der Waals surface area (Å²) in [6.45, 7) is 7.43. The molecule has 0 aliphatic carbocycles. The first-order valence-corrected chi connectivity index (χ1v) is 7.54. The van der Waals surface area contributed by atoms with Crippen LogP contribution < -0.4 is 0 Å². The minimum atomic E-state index is -0.436. The van der Waals surface area contributed by atoms with Crippen molar-refractivity contribution in [2.24, 2.45) is 0 Å². The molecule has 2 rings (SSSR count). The molecule has 1 aliphatic rings. The zero-order valence-corrected chi connectivity index (χ0v) is 13.1. The first-order valence-electron chi connectivity index (χ1n) is 7.54. The molecule has 0 amide bonds. The van der Waals surface area contributed by atoms with Crippen LogP contribution in [0.5, 0.6) is 0 Å². The van der Waals surface area contributed by atoms with Crippen LogP contribution in [-0.2, 0) is 22.7 Å². The molecule has 0 unspecified atom stereocenters. The molecule has 116 valence electrons. The predicted molar refractivity (Wildman–Crippen MR) is 81.6 cm³/mol. The summed E-state index contributed by atoms with van der Waals surface area (Å²) in [4.78, 5) is 14.4. The van der Waals surface area contributed by atoms with Crippen LogP contribution in [-0.4, -0.2) is 34.2 Å². The first-order chi connectivity index (χ1) is 9.89. The Labute approximate surface area is 126 Å². The number of rotatable bonds is 4. The van der Waals surface area contributed by atoms with Gasteiger partial charge in [-0.25, -0.2) is 0 Å². The van der Waals surface area contributed by atoms with Gasteiger partial charge < -0.3 is 9.84 Å². The summed E-state index contributed by atoms with van der Waals surface area (Å²) in [5, 5.41) is 9.06. The maximum Gasteiger partial charge on any atom is 0.323 e. The smallest absolute Gasteiger partial charge is 0.323 e. The van der Waals surface area contributed by atoms with Crippen LogP contribution in [0.25, 0.3) is 0 Å². The van der Waals surface area contributed by atoms with E-state index in [0.717, 1.165) is 37.1 Å². The summed E-state index contributed by atoms with van der Waals surface area (Å²) >= 11 is 0. The Bertz CT molecular complexity index is 476. The molecule has 1 aromatic rings. The number of ether oxygens (including phenoxy) is 1. The van der Waals surface area contributed by atoms with Crippen LogP contribution in [0.1, 0.15) is 44.7 Å². The molecule has 4 heteroatoms. The van der Waals surface area contributed by atoms with Crippen LogP contribution in [0.15, 0.2) is 24.3 Å². The second kappa shape index (κ2) is 6.58. The molecule has 0 spiro atoms. The molecular weight excluding hydrogens is 266 g/mol. The lowest BCUT2D eigenvalue weighted by atomic mass is 10.1. The van der Waals surface area contributed by atoms with Gasteiger partial charge >= 0.3 is 5.97 Å².